The van der Waals surface area contributed by atoms with Crippen LogP contribution in [-0.4, -0.2) is 9.97 Å². The van der Waals surface area contributed by atoms with Crippen molar-refractivity contribution in [3.8, 4) is 6.07 Å². The van der Waals surface area contributed by atoms with Gasteiger partial charge in [-0.05, 0) is 30.9 Å². The van der Waals surface area contributed by atoms with Gasteiger partial charge >= 0.3 is 0 Å². The Labute approximate surface area is 128 Å². The van der Waals surface area contributed by atoms with Crippen molar-refractivity contribution in [1.82, 2.24) is 9.97 Å². The molecule has 0 saturated heterocycles. The number of anilines is 1. The van der Waals surface area contributed by atoms with Crippen LogP contribution in [0.5, 0.6) is 0 Å². The average Bonchev–Trinajstić information content (AvgIpc) is 3.30. The van der Waals surface area contributed by atoms with Crippen LogP contribution in [0.1, 0.15) is 41.1 Å². The molecule has 1 fully saturated rings. The molecule has 21 heavy (non-hydrogen) atoms. The molecule has 2 aromatic rings. The summed E-state index contributed by atoms with van der Waals surface area (Å²) in [6, 6.07) is 10.4. The third-order valence-corrected chi connectivity index (χ3v) is 4.53. The molecule has 106 valence electrons. The highest BCUT2D eigenvalue weighted by Crippen LogP contribution is 2.42. The predicted molar refractivity (Wildman–Crippen MR) is 83.9 cm³/mol. The van der Waals surface area contributed by atoms with Gasteiger partial charge in [0.05, 0.1) is 5.69 Å². The van der Waals surface area contributed by atoms with Crippen molar-refractivity contribution >= 4 is 17.6 Å². The fourth-order valence-corrected chi connectivity index (χ4v) is 3.15. The summed E-state index contributed by atoms with van der Waals surface area (Å²) in [5, 5.41) is 9.86. The second kappa shape index (κ2) is 5.74. The van der Waals surface area contributed by atoms with Gasteiger partial charge in [-0.2, -0.15) is 5.26 Å². The smallest absolute Gasteiger partial charge is 0.190 e. The Balaban J connectivity index is 1.83. The van der Waals surface area contributed by atoms with Gasteiger partial charge in [0.15, 0.2) is 5.16 Å². The number of nitrogens with zero attached hydrogens (tertiary/aromatic N) is 3. The van der Waals surface area contributed by atoms with Crippen LogP contribution in [0.2, 0.25) is 0 Å². The van der Waals surface area contributed by atoms with E-state index in [1.165, 1.54) is 11.1 Å². The first-order chi connectivity index (χ1) is 10.2. The highest BCUT2D eigenvalue weighted by molar-refractivity contribution is 7.98. The molecule has 1 saturated carbocycles. The highest BCUT2D eigenvalue weighted by atomic mass is 32.2. The summed E-state index contributed by atoms with van der Waals surface area (Å²) in [4.78, 5) is 8.83. The van der Waals surface area contributed by atoms with Crippen molar-refractivity contribution in [3.63, 3.8) is 0 Å². The zero-order valence-corrected chi connectivity index (χ0v) is 12.7. The normalized spacial score (nSPS) is 13.9. The van der Waals surface area contributed by atoms with Gasteiger partial charge in [0, 0.05) is 11.7 Å². The van der Waals surface area contributed by atoms with E-state index in [-0.39, 0.29) is 0 Å². The van der Waals surface area contributed by atoms with Crippen molar-refractivity contribution in [2.45, 2.75) is 36.6 Å². The quantitative estimate of drug-likeness (QED) is 0.691. The van der Waals surface area contributed by atoms with Crippen LogP contribution in [0.25, 0.3) is 0 Å². The fourth-order valence-electron chi connectivity index (χ4n) is 2.22. The summed E-state index contributed by atoms with van der Waals surface area (Å²) in [6.07, 6.45) is 2.18. The number of benzene rings is 1. The van der Waals surface area contributed by atoms with Gasteiger partial charge in [-0.1, -0.05) is 36.0 Å². The molecule has 2 N–H and O–H groups in total. The van der Waals surface area contributed by atoms with Crippen molar-refractivity contribution in [1.29, 1.82) is 5.26 Å². The Morgan fingerprint density at radius 2 is 2.10 bits per heavy atom. The zero-order valence-electron chi connectivity index (χ0n) is 11.8. The molecule has 1 heterocycles. The standard InChI is InChI=1S/C16H16N4S/c1-10-4-2-3-5-12(10)9-21-16-19-14(11-6-7-11)13(8-17)15(18)20-16/h2-5,11H,6-7,9H2,1H3,(H2,18,19,20). The van der Waals surface area contributed by atoms with E-state index < -0.39 is 0 Å². The van der Waals surface area contributed by atoms with Crippen LogP contribution >= 0.6 is 11.8 Å². The van der Waals surface area contributed by atoms with Gasteiger partial charge in [-0.25, -0.2) is 9.97 Å². The molecule has 0 radical (unpaired) electrons. The van der Waals surface area contributed by atoms with Crippen molar-refractivity contribution in [3.05, 3.63) is 46.6 Å². The summed E-state index contributed by atoms with van der Waals surface area (Å²) in [5.41, 5.74) is 9.72. The van der Waals surface area contributed by atoms with E-state index in [9.17, 15) is 5.26 Å². The van der Waals surface area contributed by atoms with E-state index in [0.717, 1.165) is 24.3 Å². The number of thioether (sulfide) groups is 1. The first kappa shape index (κ1) is 13.9. The highest BCUT2D eigenvalue weighted by Gasteiger charge is 2.29. The molecule has 0 unspecified atom stereocenters. The van der Waals surface area contributed by atoms with Crippen LogP contribution in [0, 0.1) is 18.3 Å². The number of nitrogens with two attached hydrogens (primary N) is 1. The van der Waals surface area contributed by atoms with E-state index in [1.54, 1.807) is 11.8 Å². The summed E-state index contributed by atoms with van der Waals surface area (Å²) in [7, 11) is 0. The predicted octanol–water partition coefficient (Wildman–Crippen LogP) is 3.41. The van der Waals surface area contributed by atoms with Crippen molar-refractivity contribution < 1.29 is 0 Å². The summed E-state index contributed by atoms with van der Waals surface area (Å²) in [5.74, 6) is 1.51. The molecule has 1 aromatic heterocycles. The first-order valence-corrected chi connectivity index (χ1v) is 7.92. The molecule has 1 aromatic carbocycles. The Morgan fingerprint density at radius 3 is 2.76 bits per heavy atom. The van der Waals surface area contributed by atoms with Gasteiger partial charge in [0.1, 0.15) is 17.5 Å². The second-order valence-electron chi connectivity index (χ2n) is 5.25. The van der Waals surface area contributed by atoms with Gasteiger partial charge in [0.2, 0.25) is 0 Å². The number of aryl methyl sites for hydroxylation is 1. The zero-order chi connectivity index (χ0) is 14.8. The van der Waals surface area contributed by atoms with Crippen molar-refractivity contribution in [2.24, 2.45) is 0 Å². The van der Waals surface area contributed by atoms with E-state index in [4.69, 9.17) is 5.73 Å². The van der Waals surface area contributed by atoms with Gasteiger partial charge in [-0.15, -0.1) is 0 Å². The van der Waals surface area contributed by atoms with Crippen LogP contribution in [0.4, 0.5) is 5.82 Å². The molecule has 0 atom stereocenters. The molecular weight excluding hydrogens is 280 g/mol. The first-order valence-electron chi connectivity index (χ1n) is 6.94. The minimum atomic E-state index is 0.307. The minimum Gasteiger partial charge on any atom is -0.382 e. The number of nitriles is 1. The third kappa shape index (κ3) is 3.01. The molecule has 0 spiro atoms. The van der Waals surface area contributed by atoms with Crippen LogP contribution in [-0.2, 0) is 5.75 Å². The Morgan fingerprint density at radius 1 is 1.33 bits per heavy atom. The van der Waals surface area contributed by atoms with E-state index in [1.807, 2.05) is 12.1 Å². The van der Waals surface area contributed by atoms with Crippen LogP contribution in [0.15, 0.2) is 29.4 Å². The van der Waals surface area contributed by atoms with E-state index in [0.29, 0.717) is 22.5 Å². The third-order valence-electron chi connectivity index (χ3n) is 3.64. The molecule has 0 aliphatic heterocycles. The topological polar surface area (TPSA) is 75.6 Å². The Kier molecular flexibility index (Phi) is 3.80. The van der Waals surface area contributed by atoms with E-state index in [2.05, 4.69) is 35.1 Å². The maximum absolute atomic E-state index is 9.19. The van der Waals surface area contributed by atoms with Crippen LogP contribution < -0.4 is 5.73 Å². The second-order valence-corrected chi connectivity index (χ2v) is 6.20. The summed E-state index contributed by atoms with van der Waals surface area (Å²) in [6.45, 7) is 2.10. The fraction of sp³-hybridized carbons (Fsp3) is 0.312. The lowest BCUT2D eigenvalue weighted by Gasteiger charge is -2.08. The monoisotopic (exact) mass is 296 g/mol. The molecule has 5 heteroatoms. The number of rotatable bonds is 4. The largest absolute Gasteiger partial charge is 0.382 e. The SMILES string of the molecule is Cc1ccccc1CSc1nc(N)c(C#N)c(C2CC2)n1. The maximum Gasteiger partial charge on any atom is 0.190 e. The lowest BCUT2D eigenvalue weighted by molar-refractivity contribution is 0.881. The number of hydrogen-bond acceptors (Lipinski definition) is 5. The molecule has 0 bridgehead atoms. The summed E-state index contributed by atoms with van der Waals surface area (Å²) >= 11 is 1.57. The Bertz CT molecular complexity index is 717. The number of aromatic nitrogens is 2. The molecule has 3 rings (SSSR count). The van der Waals surface area contributed by atoms with Gasteiger partial charge in [0.25, 0.3) is 0 Å². The van der Waals surface area contributed by atoms with Crippen molar-refractivity contribution in [2.75, 3.05) is 5.73 Å². The number of nitrogen functional groups attached to an aromatic ring is 1. The minimum absolute atomic E-state index is 0.307. The lowest BCUT2D eigenvalue weighted by atomic mass is 10.1. The molecular formula is C16H16N4S. The molecule has 1 aliphatic rings. The molecule has 4 nitrogen and oxygen atoms in total. The maximum atomic E-state index is 9.19. The van der Waals surface area contributed by atoms with Gasteiger partial charge < -0.3 is 5.73 Å². The molecule has 1 aliphatic carbocycles. The average molecular weight is 296 g/mol. The Hall–Kier alpha value is -2.06. The summed E-state index contributed by atoms with van der Waals surface area (Å²) < 4.78 is 0. The van der Waals surface area contributed by atoms with Gasteiger partial charge in [-0.3, -0.25) is 0 Å². The molecule has 0 amide bonds. The van der Waals surface area contributed by atoms with E-state index >= 15 is 0 Å². The van der Waals surface area contributed by atoms with Crippen LogP contribution in [0.3, 0.4) is 0 Å². The lowest BCUT2D eigenvalue weighted by Crippen LogP contribution is -2.04. The number of hydrogen-bond donors (Lipinski definition) is 1.